The molecule has 0 saturated heterocycles. The molecule has 0 N–H and O–H groups in total. The van der Waals surface area contributed by atoms with E-state index in [2.05, 4.69) is 0 Å². The first kappa shape index (κ1) is 29.7. The van der Waals surface area contributed by atoms with Gasteiger partial charge in [0.15, 0.2) is 23.3 Å². The summed E-state index contributed by atoms with van der Waals surface area (Å²) in [6.45, 7) is 0. The SMILES string of the molecule is N#CC(C#N)=C1C(c2cc(F)c(F)cc2C#N)=C(C#N)c2cc3c(cc21)C(=C(C#N)C#N)C(c1cc(F)c(F)cc1C#N)=C3C#N. The van der Waals surface area contributed by atoms with Gasteiger partial charge in [-0.05, 0) is 47.5 Å². The molecular weight excluding hydrogens is 596 g/mol. The summed E-state index contributed by atoms with van der Waals surface area (Å²) in [6.07, 6.45) is 0. The van der Waals surface area contributed by atoms with Crippen LogP contribution in [-0.4, -0.2) is 0 Å². The molecule has 46 heavy (non-hydrogen) atoms. The fourth-order valence-electron chi connectivity index (χ4n) is 5.47. The van der Waals surface area contributed by atoms with Crippen molar-refractivity contribution in [3.05, 3.63) is 115 Å². The molecule has 0 unspecified atom stereocenters. The third-order valence-corrected chi connectivity index (χ3v) is 7.31. The number of halogens is 4. The average Bonchev–Trinajstić information content (AvgIpc) is 3.55. The Balaban J connectivity index is 2.00. The number of allylic oxidation sites excluding steroid dienone is 8. The van der Waals surface area contributed by atoms with Crippen molar-refractivity contribution in [2.45, 2.75) is 0 Å². The van der Waals surface area contributed by atoms with Crippen LogP contribution in [0.15, 0.2) is 47.5 Å². The maximum absolute atomic E-state index is 14.5. The molecule has 0 aliphatic heterocycles. The van der Waals surface area contributed by atoms with Crippen molar-refractivity contribution in [1.82, 2.24) is 0 Å². The van der Waals surface area contributed by atoms with Gasteiger partial charge in [-0.2, -0.15) is 42.1 Å². The van der Waals surface area contributed by atoms with E-state index in [-0.39, 0.29) is 66.8 Å². The highest BCUT2D eigenvalue weighted by molar-refractivity contribution is 6.30. The van der Waals surface area contributed by atoms with Crippen molar-refractivity contribution in [2.75, 3.05) is 0 Å². The zero-order chi connectivity index (χ0) is 33.4. The highest BCUT2D eigenvalue weighted by atomic mass is 19.2. The number of hydrogen-bond donors (Lipinski definition) is 0. The van der Waals surface area contributed by atoms with Crippen molar-refractivity contribution >= 4 is 33.4 Å². The van der Waals surface area contributed by atoms with Crippen molar-refractivity contribution in [3.8, 4) is 48.6 Å². The van der Waals surface area contributed by atoms with Crippen LogP contribution in [0.4, 0.5) is 17.6 Å². The molecule has 0 amide bonds. The zero-order valence-corrected chi connectivity index (χ0v) is 22.6. The predicted molar refractivity (Wildman–Crippen MR) is 150 cm³/mol. The first-order valence-corrected chi connectivity index (χ1v) is 12.5. The lowest BCUT2D eigenvalue weighted by Gasteiger charge is -2.13. The minimum atomic E-state index is -1.40. The molecular formula is C34H6F4N8. The minimum Gasteiger partial charge on any atom is -0.204 e. The topological polar surface area (TPSA) is 190 Å². The van der Waals surface area contributed by atoms with Gasteiger partial charge in [0.25, 0.3) is 0 Å². The molecule has 3 aromatic rings. The van der Waals surface area contributed by atoms with Gasteiger partial charge >= 0.3 is 0 Å². The Morgan fingerprint density at radius 3 is 1.02 bits per heavy atom. The van der Waals surface area contributed by atoms with Gasteiger partial charge in [0.05, 0.1) is 34.4 Å². The summed E-state index contributed by atoms with van der Waals surface area (Å²) in [6, 6.07) is 18.8. The lowest BCUT2D eigenvalue weighted by Crippen LogP contribution is -1.99. The molecule has 3 aromatic carbocycles. The van der Waals surface area contributed by atoms with E-state index in [1.165, 1.54) is 12.1 Å². The van der Waals surface area contributed by atoms with E-state index in [9.17, 15) is 59.7 Å². The molecule has 210 valence electrons. The number of nitriles is 8. The zero-order valence-electron chi connectivity index (χ0n) is 22.6. The van der Waals surface area contributed by atoms with Gasteiger partial charge in [-0.1, -0.05) is 0 Å². The lowest BCUT2D eigenvalue weighted by molar-refractivity contribution is 0.508. The van der Waals surface area contributed by atoms with Crippen molar-refractivity contribution in [3.63, 3.8) is 0 Å². The predicted octanol–water partition coefficient (Wildman–Crippen LogP) is 6.48. The van der Waals surface area contributed by atoms with Crippen LogP contribution in [0.25, 0.3) is 33.4 Å². The Labute approximate surface area is 256 Å². The van der Waals surface area contributed by atoms with Crippen LogP contribution < -0.4 is 0 Å². The van der Waals surface area contributed by atoms with Gasteiger partial charge in [0.2, 0.25) is 0 Å². The van der Waals surface area contributed by atoms with Crippen LogP contribution in [0.3, 0.4) is 0 Å². The molecule has 0 aromatic heterocycles. The molecule has 8 nitrogen and oxygen atoms in total. The van der Waals surface area contributed by atoms with E-state index in [4.69, 9.17) is 0 Å². The molecule has 0 bridgehead atoms. The van der Waals surface area contributed by atoms with E-state index in [0.717, 1.165) is 0 Å². The Morgan fingerprint density at radius 1 is 0.391 bits per heavy atom. The van der Waals surface area contributed by atoms with Crippen LogP contribution >= 0.6 is 0 Å². The molecule has 0 radical (unpaired) electrons. The van der Waals surface area contributed by atoms with E-state index in [1.807, 2.05) is 12.1 Å². The van der Waals surface area contributed by atoms with Crippen LogP contribution in [-0.2, 0) is 0 Å². The monoisotopic (exact) mass is 602 g/mol. The van der Waals surface area contributed by atoms with Crippen LogP contribution in [0.5, 0.6) is 0 Å². The van der Waals surface area contributed by atoms with E-state index < -0.39 is 45.5 Å². The standard InChI is InChI=1S/C34H6F4N8/c35-27-1-15(7-39)19(5-29(27)37)33-25(13-45)21-3-22-24(4-23(21)31(33)17(9-41)10-42)32(18(11-43)12-44)34(26(22)14-46)20-6-30(38)28(36)2-16(20)8-40/h1-6H. The largest absolute Gasteiger partial charge is 0.204 e. The van der Waals surface area contributed by atoms with Crippen LogP contribution in [0, 0.1) is 114 Å². The molecule has 0 heterocycles. The van der Waals surface area contributed by atoms with Gasteiger partial charge in [0, 0.05) is 44.5 Å². The van der Waals surface area contributed by atoms with Gasteiger partial charge in [-0.3, -0.25) is 0 Å². The fourth-order valence-corrected chi connectivity index (χ4v) is 5.47. The average molecular weight is 602 g/mol. The Bertz CT molecular complexity index is 2290. The summed E-state index contributed by atoms with van der Waals surface area (Å²) in [5.41, 5.74) is -4.58. The van der Waals surface area contributed by atoms with Gasteiger partial charge in [-0.25, -0.2) is 17.6 Å². The van der Waals surface area contributed by atoms with Gasteiger partial charge < -0.3 is 0 Å². The molecule has 5 rings (SSSR count). The van der Waals surface area contributed by atoms with Crippen molar-refractivity contribution in [1.29, 1.82) is 42.1 Å². The first-order chi connectivity index (χ1) is 22.1. The summed E-state index contributed by atoms with van der Waals surface area (Å²) >= 11 is 0. The number of nitrogens with zero attached hydrogens (tertiary/aromatic N) is 8. The lowest BCUT2D eigenvalue weighted by atomic mass is 9.87. The number of rotatable bonds is 2. The Hall–Kier alpha value is -7.74. The second-order valence-electron chi connectivity index (χ2n) is 9.46. The molecule has 2 aliphatic rings. The maximum atomic E-state index is 14.5. The fraction of sp³-hybridized carbons (Fsp3) is 0. The molecule has 12 heteroatoms. The minimum absolute atomic E-state index is 0.0301. The van der Waals surface area contributed by atoms with E-state index >= 15 is 0 Å². The third-order valence-electron chi connectivity index (χ3n) is 7.31. The summed E-state index contributed by atoms with van der Waals surface area (Å²) in [4.78, 5) is 0. The second kappa shape index (κ2) is 11.2. The maximum Gasteiger partial charge on any atom is 0.160 e. The van der Waals surface area contributed by atoms with Crippen LogP contribution in [0.2, 0.25) is 0 Å². The molecule has 0 spiro atoms. The summed E-state index contributed by atoms with van der Waals surface area (Å²) in [5.74, 6) is -5.55. The van der Waals surface area contributed by atoms with Crippen molar-refractivity contribution < 1.29 is 17.6 Å². The van der Waals surface area contributed by atoms with E-state index in [0.29, 0.717) is 24.3 Å². The van der Waals surface area contributed by atoms with Crippen molar-refractivity contribution in [2.24, 2.45) is 0 Å². The van der Waals surface area contributed by atoms with Crippen LogP contribution in [0.1, 0.15) is 44.5 Å². The second-order valence-corrected chi connectivity index (χ2v) is 9.46. The number of hydrogen-bond acceptors (Lipinski definition) is 8. The summed E-state index contributed by atoms with van der Waals surface area (Å²) in [5, 5.41) is 79.5. The number of benzene rings is 3. The highest BCUT2D eigenvalue weighted by Crippen LogP contribution is 2.55. The molecule has 0 atom stereocenters. The molecule has 0 saturated carbocycles. The number of fused-ring (bicyclic) bond motifs is 2. The van der Waals surface area contributed by atoms with E-state index in [1.54, 1.807) is 36.4 Å². The van der Waals surface area contributed by atoms with Gasteiger partial charge in [0.1, 0.15) is 47.6 Å². The van der Waals surface area contributed by atoms with Gasteiger partial charge in [-0.15, -0.1) is 0 Å². The normalized spacial score (nSPS) is 12.3. The summed E-state index contributed by atoms with van der Waals surface area (Å²) in [7, 11) is 0. The smallest absolute Gasteiger partial charge is 0.160 e. The molecule has 2 aliphatic carbocycles. The quantitative estimate of drug-likeness (QED) is 0.235. The summed E-state index contributed by atoms with van der Waals surface area (Å²) < 4.78 is 57.2. The first-order valence-electron chi connectivity index (χ1n) is 12.5. The Morgan fingerprint density at radius 2 is 0.717 bits per heavy atom. The highest BCUT2D eigenvalue weighted by Gasteiger charge is 2.38. The Kier molecular flexibility index (Phi) is 7.21. The third kappa shape index (κ3) is 4.15. The molecule has 0 fully saturated rings.